The van der Waals surface area contributed by atoms with Crippen molar-refractivity contribution in [1.82, 2.24) is 0 Å². The summed E-state index contributed by atoms with van der Waals surface area (Å²) in [6.07, 6.45) is 1.36. The maximum atomic E-state index is 10.9. The Bertz CT molecular complexity index is 779. The summed E-state index contributed by atoms with van der Waals surface area (Å²) in [5.41, 5.74) is 0.510. The minimum Gasteiger partial charge on any atom is -0.468 e. The molecule has 0 spiro atoms. The van der Waals surface area contributed by atoms with Gasteiger partial charge in [0.05, 0.1) is 17.0 Å². The molecule has 1 aliphatic heterocycles. The maximum Gasteiger partial charge on any atom is 0.495 e. The first-order valence-corrected chi connectivity index (χ1v) is 11.1. The molecular formula is C18H28BClO7S. The molecular weight excluding hydrogens is 407 g/mol. The summed E-state index contributed by atoms with van der Waals surface area (Å²) < 4.78 is 53.6. The van der Waals surface area contributed by atoms with Crippen LogP contribution in [0.1, 0.15) is 46.1 Å². The standard InChI is InChI=1S/C18H28BClO7S/c1-17(2)18(3,4)27-19(26-17)15-10-13(25-12-24-5)11-16(20)14(15)8-6-7-9-28(21,22)23/h10-11H,6-9,12H2,1-5H3,(H,21,22,23). The lowest BCUT2D eigenvalue weighted by Gasteiger charge is -2.32. The molecule has 28 heavy (non-hydrogen) atoms. The van der Waals surface area contributed by atoms with Crippen LogP contribution >= 0.6 is 11.6 Å². The minimum absolute atomic E-state index is 0.0762. The smallest absolute Gasteiger partial charge is 0.468 e. The first kappa shape index (κ1) is 23.4. The summed E-state index contributed by atoms with van der Waals surface area (Å²) in [4.78, 5) is 0. The van der Waals surface area contributed by atoms with Gasteiger partial charge >= 0.3 is 7.12 Å². The molecule has 0 aromatic heterocycles. The van der Waals surface area contributed by atoms with Crippen LogP contribution in [-0.4, -0.2) is 50.9 Å². The Labute approximate surface area is 172 Å². The van der Waals surface area contributed by atoms with Crippen molar-refractivity contribution in [2.45, 2.75) is 58.2 Å². The fourth-order valence-corrected chi connectivity index (χ4v) is 3.75. The van der Waals surface area contributed by atoms with Crippen molar-refractivity contribution in [3.63, 3.8) is 0 Å². The van der Waals surface area contributed by atoms with Gasteiger partial charge < -0.3 is 18.8 Å². The third-order valence-electron chi connectivity index (χ3n) is 5.13. The molecule has 158 valence electrons. The van der Waals surface area contributed by atoms with E-state index in [9.17, 15) is 8.42 Å². The molecule has 1 fully saturated rings. The van der Waals surface area contributed by atoms with Crippen LogP contribution in [0.15, 0.2) is 12.1 Å². The van der Waals surface area contributed by atoms with Crippen molar-refractivity contribution in [2.75, 3.05) is 19.7 Å². The van der Waals surface area contributed by atoms with Crippen molar-refractivity contribution in [3.05, 3.63) is 22.7 Å². The average molecular weight is 435 g/mol. The first-order chi connectivity index (χ1) is 12.9. The van der Waals surface area contributed by atoms with Crippen LogP contribution in [0, 0.1) is 0 Å². The molecule has 7 nitrogen and oxygen atoms in total. The fourth-order valence-electron chi connectivity index (χ4n) is 2.87. The van der Waals surface area contributed by atoms with Gasteiger partial charge in [0.1, 0.15) is 5.75 Å². The number of rotatable bonds is 9. The lowest BCUT2D eigenvalue weighted by Crippen LogP contribution is -2.41. The lowest BCUT2D eigenvalue weighted by atomic mass is 9.74. The minimum atomic E-state index is -3.98. The molecule has 1 aliphatic rings. The Balaban J connectivity index is 2.30. The zero-order valence-electron chi connectivity index (χ0n) is 17.0. The third kappa shape index (κ3) is 5.84. The molecule has 1 aromatic rings. The van der Waals surface area contributed by atoms with E-state index < -0.39 is 28.4 Å². The van der Waals surface area contributed by atoms with E-state index in [1.165, 1.54) is 7.11 Å². The molecule has 0 aliphatic carbocycles. The maximum absolute atomic E-state index is 10.9. The van der Waals surface area contributed by atoms with E-state index in [1.54, 1.807) is 6.07 Å². The van der Waals surface area contributed by atoms with Crippen LogP contribution in [0.25, 0.3) is 0 Å². The highest BCUT2D eigenvalue weighted by molar-refractivity contribution is 7.85. The van der Waals surface area contributed by atoms with Gasteiger partial charge in [-0.3, -0.25) is 4.55 Å². The van der Waals surface area contributed by atoms with Crippen molar-refractivity contribution < 1.29 is 31.8 Å². The van der Waals surface area contributed by atoms with E-state index in [4.69, 9.17) is 34.9 Å². The van der Waals surface area contributed by atoms with Gasteiger partial charge in [0, 0.05) is 12.1 Å². The zero-order valence-corrected chi connectivity index (χ0v) is 18.5. The average Bonchev–Trinajstić information content (AvgIpc) is 2.77. The van der Waals surface area contributed by atoms with E-state index in [0.29, 0.717) is 30.0 Å². The number of benzene rings is 1. The fraction of sp³-hybridized carbons (Fsp3) is 0.667. The largest absolute Gasteiger partial charge is 0.495 e. The molecule has 0 radical (unpaired) electrons. The summed E-state index contributed by atoms with van der Waals surface area (Å²) in [5, 5.41) is 0.477. The van der Waals surface area contributed by atoms with Gasteiger partial charge in [0.25, 0.3) is 10.1 Å². The lowest BCUT2D eigenvalue weighted by molar-refractivity contribution is 0.00578. The molecule has 1 saturated heterocycles. The number of halogens is 1. The van der Waals surface area contributed by atoms with Gasteiger partial charge in [0.15, 0.2) is 6.79 Å². The zero-order chi connectivity index (χ0) is 21.2. The Morgan fingerprint density at radius 3 is 2.29 bits per heavy atom. The molecule has 1 N–H and O–H groups in total. The van der Waals surface area contributed by atoms with E-state index in [-0.39, 0.29) is 12.5 Å². The van der Waals surface area contributed by atoms with Crippen LogP contribution in [-0.2, 0) is 30.6 Å². The second-order valence-corrected chi connectivity index (χ2v) is 9.83. The van der Waals surface area contributed by atoms with Gasteiger partial charge in [-0.15, -0.1) is 0 Å². The van der Waals surface area contributed by atoms with Crippen molar-refractivity contribution in [3.8, 4) is 5.75 Å². The molecule has 2 rings (SSSR count). The van der Waals surface area contributed by atoms with E-state index >= 15 is 0 Å². The van der Waals surface area contributed by atoms with Crippen LogP contribution in [0.3, 0.4) is 0 Å². The van der Waals surface area contributed by atoms with Crippen molar-refractivity contribution >= 4 is 34.3 Å². The first-order valence-electron chi connectivity index (χ1n) is 9.11. The summed E-state index contributed by atoms with van der Waals surface area (Å²) >= 11 is 6.50. The topological polar surface area (TPSA) is 91.3 Å². The SMILES string of the molecule is COCOc1cc(Cl)c(CCCCS(=O)(=O)O)c(B2OC(C)(C)C(C)(C)O2)c1. The second-order valence-electron chi connectivity index (χ2n) is 7.86. The Morgan fingerprint density at radius 2 is 1.75 bits per heavy atom. The molecule has 1 aromatic carbocycles. The monoisotopic (exact) mass is 434 g/mol. The molecule has 10 heteroatoms. The summed E-state index contributed by atoms with van der Waals surface area (Å²) in [5.74, 6) is 0.240. The summed E-state index contributed by atoms with van der Waals surface area (Å²) in [6, 6.07) is 3.50. The van der Waals surface area contributed by atoms with Crippen molar-refractivity contribution in [2.24, 2.45) is 0 Å². The van der Waals surface area contributed by atoms with E-state index in [1.807, 2.05) is 33.8 Å². The third-order valence-corrected chi connectivity index (χ3v) is 6.28. The van der Waals surface area contributed by atoms with Crippen LogP contribution in [0.4, 0.5) is 0 Å². The Morgan fingerprint density at radius 1 is 1.14 bits per heavy atom. The number of hydrogen-bond donors (Lipinski definition) is 1. The normalized spacial score (nSPS) is 18.5. The van der Waals surface area contributed by atoms with Gasteiger partial charge in [-0.25, -0.2) is 0 Å². The quantitative estimate of drug-likeness (QED) is 0.276. The molecule has 0 bridgehead atoms. The molecule has 1 heterocycles. The highest BCUT2D eigenvalue weighted by Gasteiger charge is 2.52. The number of hydrogen-bond acceptors (Lipinski definition) is 6. The van der Waals surface area contributed by atoms with Gasteiger partial charge in [-0.2, -0.15) is 8.42 Å². The highest BCUT2D eigenvalue weighted by atomic mass is 35.5. The Hall–Kier alpha value is -0.835. The molecule has 0 unspecified atom stereocenters. The number of methoxy groups -OCH3 is 1. The molecule has 0 atom stereocenters. The number of unbranched alkanes of at least 4 members (excludes halogenated alkanes) is 1. The van der Waals surface area contributed by atoms with Crippen LogP contribution in [0.5, 0.6) is 5.75 Å². The second kappa shape index (κ2) is 8.89. The molecule has 0 saturated carbocycles. The number of ether oxygens (including phenoxy) is 2. The van der Waals surface area contributed by atoms with E-state index in [2.05, 4.69) is 0 Å². The summed E-state index contributed by atoms with van der Waals surface area (Å²) in [7, 11) is -3.08. The van der Waals surface area contributed by atoms with Crippen LogP contribution < -0.4 is 10.2 Å². The van der Waals surface area contributed by atoms with Gasteiger partial charge in [-0.1, -0.05) is 11.6 Å². The van der Waals surface area contributed by atoms with E-state index in [0.717, 1.165) is 11.0 Å². The predicted octanol–water partition coefficient (Wildman–Crippen LogP) is 2.83. The van der Waals surface area contributed by atoms with Gasteiger partial charge in [0.2, 0.25) is 0 Å². The van der Waals surface area contributed by atoms with Crippen LogP contribution in [0.2, 0.25) is 5.02 Å². The molecule has 0 amide bonds. The highest BCUT2D eigenvalue weighted by Crippen LogP contribution is 2.37. The van der Waals surface area contributed by atoms with Crippen molar-refractivity contribution in [1.29, 1.82) is 0 Å². The predicted molar refractivity (Wildman–Crippen MR) is 109 cm³/mol. The van der Waals surface area contributed by atoms with Gasteiger partial charge in [-0.05, 0) is 70.1 Å². The summed E-state index contributed by atoms with van der Waals surface area (Å²) in [6.45, 7) is 7.93. The Kier molecular flexibility index (Phi) is 7.45.